The van der Waals surface area contributed by atoms with Gasteiger partial charge in [0.2, 0.25) is 0 Å². The van der Waals surface area contributed by atoms with Crippen LogP contribution in [0.3, 0.4) is 0 Å². The molecule has 1 aromatic heterocycles. The molecule has 0 atom stereocenters. The first-order chi connectivity index (χ1) is 10.1. The molecule has 2 rings (SSSR count). The normalized spacial score (nSPS) is 11.4. The van der Waals surface area contributed by atoms with Gasteiger partial charge in [0, 0.05) is 24.9 Å². The van der Waals surface area contributed by atoms with Crippen molar-refractivity contribution >= 4 is 5.96 Å². The van der Waals surface area contributed by atoms with Crippen LogP contribution in [0.15, 0.2) is 47.6 Å². The number of hydrogen-bond donors (Lipinski definition) is 2. The number of rotatable bonds is 5. The van der Waals surface area contributed by atoms with Crippen molar-refractivity contribution in [3.8, 4) is 0 Å². The van der Waals surface area contributed by atoms with Crippen LogP contribution in [0.5, 0.6) is 0 Å². The standard InChI is InChI=1S/C16H19FN4/c1-12-10-13(5-6-15(12)17)11-21-16(18)20-9-7-14-4-2-3-8-19-14/h2-6,8,10H,7,9,11H2,1H3,(H3,18,20,21). The van der Waals surface area contributed by atoms with Gasteiger partial charge in [-0.15, -0.1) is 0 Å². The number of nitrogens with zero attached hydrogens (tertiary/aromatic N) is 2. The van der Waals surface area contributed by atoms with Gasteiger partial charge < -0.3 is 11.1 Å². The van der Waals surface area contributed by atoms with Crippen molar-refractivity contribution < 1.29 is 4.39 Å². The molecule has 0 fully saturated rings. The number of aromatic nitrogens is 1. The molecule has 110 valence electrons. The summed E-state index contributed by atoms with van der Waals surface area (Å²) in [5.74, 6) is 0.178. The van der Waals surface area contributed by atoms with E-state index in [4.69, 9.17) is 5.73 Å². The van der Waals surface area contributed by atoms with Crippen LogP contribution in [0.4, 0.5) is 4.39 Å². The molecule has 1 aromatic carbocycles. The van der Waals surface area contributed by atoms with Gasteiger partial charge >= 0.3 is 0 Å². The number of aliphatic imine (C=N–C) groups is 1. The minimum Gasteiger partial charge on any atom is -0.370 e. The van der Waals surface area contributed by atoms with E-state index < -0.39 is 0 Å². The van der Waals surface area contributed by atoms with Gasteiger partial charge in [-0.1, -0.05) is 18.2 Å². The number of aryl methyl sites for hydroxylation is 1. The second kappa shape index (κ2) is 7.38. The average molecular weight is 286 g/mol. The zero-order chi connectivity index (χ0) is 15.1. The maximum absolute atomic E-state index is 13.1. The molecule has 1 heterocycles. The van der Waals surface area contributed by atoms with E-state index in [0.717, 1.165) is 17.7 Å². The minimum absolute atomic E-state index is 0.204. The molecule has 0 radical (unpaired) electrons. The van der Waals surface area contributed by atoms with Crippen LogP contribution in [0.1, 0.15) is 16.8 Å². The Morgan fingerprint density at radius 3 is 2.90 bits per heavy atom. The molecule has 4 nitrogen and oxygen atoms in total. The molecule has 0 aliphatic heterocycles. The van der Waals surface area contributed by atoms with Crippen LogP contribution in [0, 0.1) is 12.7 Å². The van der Waals surface area contributed by atoms with Crippen LogP contribution in [0.2, 0.25) is 0 Å². The fourth-order valence-electron chi connectivity index (χ4n) is 1.90. The van der Waals surface area contributed by atoms with Gasteiger partial charge in [0.25, 0.3) is 0 Å². The highest BCUT2D eigenvalue weighted by molar-refractivity contribution is 5.77. The quantitative estimate of drug-likeness (QED) is 0.654. The summed E-state index contributed by atoms with van der Waals surface area (Å²) in [5.41, 5.74) is 8.35. The predicted octanol–water partition coefficient (Wildman–Crippen LogP) is 2.18. The Bertz CT molecular complexity index is 611. The zero-order valence-corrected chi connectivity index (χ0v) is 12.0. The Morgan fingerprint density at radius 2 is 2.19 bits per heavy atom. The van der Waals surface area contributed by atoms with Crippen LogP contribution in [-0.4, -0.2) is 17.5 Å². The lowest BCUT2D eigenvalue weighted by atomic mass is 10.1. The number of hydrogen-bond acceptors (Lipinski definition) is 2. The first-order valence-electron chi connectivity index (χ1n) is 6.84. The van der Waals surface area contributed by atoms with Gasteiger partial charge in [0.1, 0.15) is 5.82 Å². The number of nitrogens with two attached hydrogens (primary N) is 1. The molecule has 2 aromatic rings. The van der Waals surface area contributed by atoms with E-state index in [-0.39, 0.29) is 5.82 Å². The van der Waals surface area contributed by atoms with Crippen molar-refractivity contribution in [3.05, 3.63) is 65.2 Å². The summed E-state index contributed by atoms with van der Waals surface area (Å²) < 4.78 is 13.1. The number of pyridine rings is 1. The summed E-state index contributed by atoms with van der Waals surface area (Å²) in [5, 5.41) is 3.04. The van der Waals surface area contributed by atoms with Crippen LogP contribution in [-0.2, 0) is 13.0 Å². The fraction of sp³-hybridized carbons (Fsp3) is 0.250. The Kier molecular flexibility index (Phi) is 5.26. The van der Waals surface area contributed by atoms with Crippen molar-refractivity contribution in [1.82, 2.24) is 10.3 Å². The molecule has 0 aliphatic rings. The lowest BCUT2D eigenvalue weighted by Crippen LogP contribution is -2.33. The molecule has 0 spiro atoms. The van der Waals surface area contributed by atoms with Crippen molar-refractivity contribution in [1.29, 1.82) is 0 Å². The second-order valence-corrected chi connectivity index (χ2v) is 4.78. The molecular weight excluding hydrogens is 267 g/mol. The van der Waals surface area contributed by atoms with E-state index in [1.807, 2.05) is 18.2 Å². The lowest BCUT2D eigenvalue weighted by molar-refractivity contribution is 0.617. The largest absolute Gasteiger partial charge is 0.370 e. The Labute approximate surface area is 123 Å². The van der Waals surface area contributed by atoms with Crippen LogP contribution < -0.4 is 11.1 Å². The van der Waals surface area contributed by atoms with Crippen LogP contribution >= 0.6 is 0 Å². The highest BCUT2D eigenvalue weighted by Gasteiger charge is 1.99. The SMILES string of the molecule is Cc1cc(CN=C(N)NCCc2ccccn2)ccc1F. The van der Waals surface area contributed by atoms with E-state index in [9.17, 15) is 4.39 Å². The summed E-state index contributed by atoms with van der Waals surface area (Å²) in [6, 6.07) is 10.8. The maximum Gasteiger partial charge on any atom is 0.188 e. The molecule has 0 aliphatic carbocycles. The molecule has 0 saturated carbocycles. The van der Waals surface area contributed by atoms with Gasteiger partial charge in [-0.3, -0.25) is 4.98 Å². The van der Waals surface area contributed by atoms with Gasteiger partial charge in [0.15, 0.2) is 5.96 Å². The highest BCUT2D eigenvalue weighted by Crippen LogP contribution is 2.09. The minimum atomic E-state index is -0.204. The molecule has 0 unspecified atom stereocenters. The summed E-state index contributed by atoms with van der Waals surface area (Å²) in [6.07, 6.45) is 2.55. The number of benzene rings is 1. The van der Waals surface area contributed by atoms with Gasteiger partial charge in [0.05, 0.1) is 6.54 Å². The Morgan fingerprint density at radius 1 is 1.33 bits per heavy atom. The van der Waals surface area contributed by atoms with E-state index >= 15 is 0 Å². The average Bonchev–Trinajstić information content (AvgIpc) is 2.49. The Balaban J connectivity index is 1.80. The number of guanidine groups is 1. The molecule has 0 bridgehead atoms. The molecule has 0 amide bonds. The molecule has 5 heteroatoms. The maximum atomic E-state index is 13.1. The summed E-state index contributed by atoms with van der Waals surface area (Å²) in [4.78, 5) is 8.47. The molecule has 21 heavy (non-hydrogen) atoms. The fourth-order valence-corrected chi connectivity index (χ4v) is 1.90. The second-order valence-electron chi connectivity index (χ2n) is 4.78. The van der Waals surface area contributed by atoms with Gasteiger partial charge in [-0.2, -0.15) is 0 Å². The van der Waals surface area contributed by atoms with E-state index in [1.54, 1.807) is 25.3 Å². The first kappa shape index (κ1) is 15.0. The lowest BCUT2D eigenvalue weighted by Gasteiger charge is -2.06. The van der Waals surface area contributed by atoms with Crippen molar-refractivity contribution in [2.75, 3.05) is 6.54 Å². The Hall–Kier alpha value is -2.43. The van der Waals surface area contributed by atoms with Gasteiger partial charge in [-0.25, -0.2) is 9.38 Å². The molecular formula is C16H19FN4. The number of nitrogens with one attached hydrogen (secondary N) is 1. The predicted molar refractivity (Wildman–Crippen MR) is 82.4 cm³/mol. The molecule has 3 N–H and O–H groups in total. The third-order valence-corrected chi connectivity index (χ3v) is 3.07. The molecule has 0 saturated heterocycles. The van der Waals surface area contributed by atoms with Crippen molar-refractivity contribution in [3.63, 3.8) is 0 Å². The summed E-state index contributed by atoms with van der Waals surface area (Å²) in [6.45, 7) is 2.84. The smallest absolute Gasteiger partial charge is 0.188 e. The van der Waals surface area contributed by atoms with Crippen molar-refractivity contribution in [2.45, 2.75) is 19.9 Å². The third-order valence-electron chi connectivity index (χ3n) is 3.07. The third kappa shape index (κ3) is 4.87. The van der Waals surface area contributed by atoms with Gasteiger partial charge in [-0.05, 0) is 36.2 Å². The summed E-state index contributed by atoms with van der Waals surface area (Å²) >= 11 is 0. The van der Waals surface area contributed by atoms with Crippen LogP contribution in [0.25, 0.3) is 0 Å². The van der Waals surface area contributed by atoms with E-state index in [0.29, 0.717) is 24.6 Å². The first-order valence-corrected chi connectivity index (χ1v) is 6.84. The zero-order valence-electron chi connectivity index (χ0n) is 12.0. The topological polar surface area (TPSA) is 63.3 Å². The van der Waals surface area contributed by atoms with E-state index in [2.05, 4.69) is 15.3 Å². The monoisotopic (exact) mass is 286 g/mol. The summed E-state index contributed by atoms with van der Waals surface area (Å²) in [7, 11) is 0. The number of halogens is 1. The highest BCUT2D eigenvalue weighted by atomic mass is 19.1. The van der Waals surface area contributed by atoms with Crippen molar-refractivity contribution in [2.24, 2.45) is 10.7 Å². The van der Waals surface area contributed by atoms with E-state index in [1.165, 1.54) is 6.07 Å².